The molecule has 0 bridgehead atoms. The Morgan fingerprint density at radius 2 is 2.19 bits per heavy atom. The SMILES string of the molecule is Clc1cc2c(s1)CCC2Nc1ccccc1-n1cccn1. The van der Waals surface area contributed by atoms with Crippen LogP contribution in [0, 0.1) is 0 Å². The van der Waals surface area contributed by atoms with Gasteiger partial charge in [0, 0.05) is 17.3 Å². The van der Waals surface area contributed by atoms with Crippen molar-refractivity contribution in [2.45, 2.75) is 18.9 Å². The fourth-order valence-electron chi connectivity index (χ4n) is 2.87. The van der Waals surface area contributed by atoms with Crippen LogP contribution in [0.15, 0.2) is 48.8 Å². The second-order valence-corrected chi connectivity index (χ2v) is 6.90. The summed E-state index contributed by atoms with van der Waals surface area (Å²) in [5, 5.41) is 7.98. The molecule has 0 amide bonds. The molecule has 0 aliphatic heterocycles. The molecule has 0 fully saturated rings. The number of halogens is 1. The van der Waals surface area contributed by atoms with E-state index in [1.165, 1.54) is 10.4 Å². The van der Waals surface area contributed by atoms with Crippen molar-refractivity contribution < 1.29 is 0 Å². The number of nitrogens with zero attached hydrogens (tertiary/aromatic N) is 2. The Kier molecular flexibility index (Phi) is 3.20. The molecule has 1 atom stereocenters. The highest BCUT2D eigenvalue weighted by Gasteiger charge is 2.25. The van der Waals surface area contributed by atoms with E-state index in [-0.39, 0.29) is 0 Å². The van der Waals surface area contributed by atoms with Crippen molar-refractivity contribution in [3.8, 4) is 5.69 Å². The quantitative estimate of drug-likeness (QED) is 0.760. The lowest BCUT2D eigenvalue weighted by atomic mass is 10.1. The Bertz CT molecular complexity index is 764. The Balaban J connectivity index is 1.67. The van der Waals surface area contributed by atoms with Crippen molar-refractivity contribution in [1.82, 2.24) is 9.78 Å². The van der Waals surface area contributed by atoms with E-state index in [9.17, 15) is 0 Å². The second kappa shape index (κ2) is 5.20. The number of anilines is 1. The minimum absolute atomic E-state index is 0.334. The maximum Gasteiger partial charge on any atom is 0.0934 e. The van der Waals surface area contributed by atoms with Gasteiger partial charge >= 0.3 is 0 Å². The summed E-state index contributed by atoms with van der Waals surface area (Å²) in [6, 6.07) is 12.6. The highest BCUT2D eigenvalue weighted by atomic mass is 35.5. The van der Waals surface area contributed by atoms with Gasteiger partial charge in [0.1, 0.15) is 0 Å². The van der Waals surface area contributed by atoms with Crippen LogP contribution in [0.5, 0.6) is 0 Å². The number of para-hydroxylation sites is 2. The lowest BCUT2D eigenvalue weighted by Crippen LogP contribution is -2.09. The molecule has 3 nitrogen and oxygen atoms in total. The van der Waals surface area contributed by atoms with Crippen LogP contribution in [0.25, 0.3) is 5.69 Å². The van der Waals surface area contributed by atoms with E-state index in [0.29, 0.717) is 6.04 Å². The van der Waals surface area contributed by atoms with Crippen molar-refractivity contribution in [3.63, 3.8) is 0 Å². The van der Waals surface area contributed by atoms with Crippen LogP contribution in [-0.4, -0.2) is 9.78 Å². The number of nitrogens with one attached hydrogen (secondary N) is 1. The summed E-state index contributed by atoms with van der Waals surface area (Å²) in [5.74, 6) is 0. The molecule has 1 aliphatic carbocycles. The first-order valence-corrected chi connectivity index (χ1v) is 8.14. The van der Waals surface area contributed by atoms with Crippen LogP contribution >= 0.6 is 22.9 Å². The number of thiophene rings is 1. The van der Waals surface area contributed by atoms with E-state index in [4.69, 9.17) is 11.6 Å². The Morgan fingerprint density at radius 1 is 1.29 bits per heavy atom. The highest BCUT2D eigenvalue weighted by Crippen LogP contribution is 2.41. The Hall–Kier alpha value is -1.78. The largest absolute Gasteiger partial charge is 0.376 e. The molecule has 2 aromatic heterocycles. The first-order valence-electron chi connectivity index (χ1n) is 6.95. The van der Waals surface area contributed by atoms with Crippen molar-refractivity contribution in [2.24, 2.45) is 0 Å². The molecule has 1 unspecified atom stereocenters. The summed E-state index contributed by atoms with van der Waals surface area (Å²) in [6.07, 6.45) is 5.98. The molecule has 4 rings (SSSR count). The zero-order valence-electron chi connectivity index (χ0n) is 11.3. The van der Waals surface area contributed by atoms with E-state index in [0.717, 1.165) is 28.6 Å². The number of benzene rings is 1. The molecule has 2 heterocycles. The van der Waals surface area contributed by atoms with Gasteiger partial charge in [0.15, 0.2) is 0 Å². The summed E-state index contributed by atoms with van der Waals surface area (Å²) in [6.45, 7) is 0. The van der Waals surface area contributed by atoms with Crippen LogP contribution < -0.4 is 5.32 Å². The second-order valence-electron chi connectivity index (χ2n) is 5.13. The zero-order valence-corrected chi connectivity index (χ0v) is 12.9. The van der Waals surface area contributed by atoms with Gasteiger partial charge in [-0.3, -0.25) is 0 Å². The number of hydrogen-bond donors (Lipinski definition) is 1. The molecule has 0 saturated heterocycles. The molecule has 1 aromatic carbocycles. The average molecular weight is 316 g/mol. The van der Waals surface area contributed by atoms with Crippen LogP contribution in [-0.2, 0) is 6.42 Å². The third kappa shape index (κ3) is 2.34. The summed E-state index contributed by atoms with van der Waals surface area (Å²) in [4.78, 5) is 1.41. The van der Waals surface area contributed by atoms with E-state index < -0.39 is 0 Å². The fourth-order valence-corrected chi connectivity index (χ4v) is 4.23. The molecule has 0 saturated carbocycles. The van der Waals surface area contributed by atoms with Crippen molar-refractivity contribution in [1.29, 1.82) is 0 Å². The first-order chi connectivity index (χ1) is 10.3. The van der Waals surface area contributed by atoms with Gasteiger partial charge in [0.2, 0.25) is 0 Å². The average Bonchev–Trinajstić information content (AvgIpc) is 3.18. The van der Waals surface area contributed by atoms with Crippen LogP contribution in [0.3, 0.4) is 0 Å². The van der Waals surface area contributed by atoms with Gasteiger partial charge in [-0.15, -0.1) is 11.3 Å². The summed E-state index contributed by atoms with van der Waals surface area (Å²) in [5.41, 5.74) is 3.51. The van der Waals surface area contributed by atoms with E-state index >= 15 is 0 Å². The number of hydrogen-bond acceptors (Lipinski definition) is 3. The van der Waals surface area contributed by atoms with Crippen molar-refractivity contribution in [2.75, 3.05) is 5.32 Å². The van der Waals surface area contributed by atoms with Crippen molar-refractivity contribution in [3.05, 3.63) is 63.6 Å². The van der Waals surface area contributed by atoms with Gasteiger partial charge in [-0.1, -0.05) is 23.7 Å². The molecule has 3 aromatic rings. The molecule has 1 N–H and O–H groups in total. The predicted octanol–water partition coefficient (Wildman–Crippen LogP) is 4.69. The molecule has 1 aliphatic rings. The smallest absolute Gasteiger partial charge is 0.0934 e. The van der Waals surface area contributed by atoms with Gasteiger partial charge in [0.05, 0.1) is 21.8 Å². The van der Waals surface area contributed by atoms with Gasteiger partial charge in [0.25, 0.3) is 0 Å². The summed E-state index contributed by atoms with van der Waals surface area (Å²) >= 11 is 7.84. The van der Waals surface area contributed by atoms with E-state index in [1.54, 1.807) is 17.5 Å². The third-order valence-corrected chi connectivity index (χ3v) is 5.17. The molecule has 21 heavy (non-hydrogen) atoms. The third-order valence-electron chi connectivity index (χ3n) is 3.83. The Labute approximate surface area is 132 Å². The fraction of sp³-hybridized carbons (Fsp3) is 0.188. The molecular formula is C16H14ClN3S. The zero-order chi connectivity index (χ0) is 14.2. The number of aryl methyl sites for hydroxylation is 1. The monoisotopic (exact) mass is 315 g/mol. The minimum atomic E-state index is 0.334. The van der Waals surface area contributed by atoms with Crippen molar-refractivity contribution >= 4 is 28.6 Å². The standard InChI is InChI=1S/C16H14ClN3S/c17-16-10-11-12(6-7-15(11)21-16)19-13-4-1-2-5-14(13)20-9-3-8-18-20/h1-5,8-10,12,19H,6-7H2. The van der Waals surface area contributed by atoms with Crippen LogP contribution in [0.1, 0.15) is 22.9 Å². The first kappa shape index (κ1) is 12.9. The maximum absolute atomic E-state index is 6.14. The molecule has 5 heteroatoms. The molecular weight excluding hydrogens is 302 g/mol. The number of rotatable bonds is 3. The van der Waals surface area contributed by atoms with Gasteiger partial charge in [-0.25, -0.2) is 4.68 Å². The van der Waals surface area contributed by atoms with Gasteiger partial charge in [-0.05, 0) is 42.7 Å². The van der Waals surface area contributed by atoms with Crippen LogP contribution in [0.4, 0.5) is 5.69 Å². The normalized spacial score (nSPS) is 16.9. The number of fused-ring (bicyclic) bond motifs is 1. The lowest BCUT2D eigenvalue weighted by molar-refractivity contribution is 0.758. The van der Waals surface area contributed by atoms with E-state index in [2.05, 4.69) is 28.6 Å². The summed E-state index contributed by atoms with van der Waals surface area (Å²) < 4.78 is 2.77. The van der Waals surface area contributed by atoms with Gasteiger partial charge < -0.3 is 5.32 Å². The highest BCUT2D eigenvalue weighted by molar-refractivity contribution is 7.16. The topological polar surface area (TPSA) is 29.9 Å². The molecule has 0 spiro atoms. The van der Waals surface area contributed by atoms with Gasteiger partial charge in [-0.2, -0.15) is 5.10 Å². The lowest BCUT2D eigenvalue weighted by Gasteiger charge is -2.17. The Morgan fingerprint density at radius 3 is 3.05 bits per heavy atom. The molecule has 0 radical (unpaired) electrons. The summed E-state index contributed by atoms with van der Waals surface area (Å²) in [7, 11) is 0. The van der Waals surface area contributed by atoms with E-state index in [1.807, 2.05) is 29.1 Å². The predicted molar refractivity (Wildman–Crippen MR) is 87.6 cm³/mol. The molecule has 106 valence electrons. The van der Waals surface area contributed by atoms with Crippen LogP contribution in [0.2, 0.25) is 4.34 Å². The minimum Gasteiger partial charge on any atom is -0.376 e. The number of aromatic nitrogens is 2. The maximum atomic E-state index is 6.14.